The maximum Gasteiger partial charge on any atom is 0.337 e. The van der Waals surface area contributed by atoms with Gasteiger partial charge in [-0.3, -0.25) is 4.72 Å². The lowest BCUT2D eigenvalue weighted by Gasteiger charge is -2.16. The molecule has 2 amide bonds. The summed E-state index contributed by atoms with van der Waals surface area (Å²) in [6.07, 6.45) is 0. The fraction of sp³-hybridized carbons (Fsp3) is 0.176. The molecule has 0 aliphatic carbocycles. The lowest BCUT2D eigenvalue weighted by atomic mass is 10.2. The van der Waals surface area contributed by atoms with Crippen LogP contribution in [0.5, 0.6) is 0 Å². The Kier molecular flexibility index (Phi) is 5.83. The van der Waals surface area contributed by atoms with Crippen LogP contribution in [-0.4, -0.2) is 46.5 Å². The molecule has 2 aromatic carbocycles. The summed E-state index contributed by atoms with van der Waals surface area (Å²) < 4.78 is 32.2. The van der Waals surface area contributed by atoms with Crippen LogP contribution in [0.3, 0.4) is 0 Å². The molecule has 0 saturated heterocycles. The highest BCUT2D eigenvalue weighted by atomic mass is 32.2. The molecule has 0 saturated carbocycles. The first-order chi connectivity index (χ1) is 12.2. The summed E-state index contributed by atoms with van der Waals surface area (Å²) in [5.41, 5.74) is 0.783. The van der Waals surface area contributed by atoms with Crippen LogP contribution in [0.4, 0.5) is 16.2 Å². The van der Waals surface area contributed by atoms with Gasteiger partial charge in [-0.05, 0) is 36.4 Å². The minimum atomic E-state index is -3.91. The smallest absolute Gasteiger partial charge is 0.337 e. The van der Waals surface area contributed by atoms with Crippen molar-refractivity contribution in [3.05, 3.63) is 54.1 Å². The Hall–Kier alpha value is -3.07. The molecule has 0 unspecified atom stereocenters. The third-order valence-corrected chi connectivity index (χ3v) is 4.79. The number of sulfonamides is 1. The molecule has 0 fully saturated rings. The number of para-hydroxylation sites is 2. The van der Waals surface area contributed by atoms with Crippen LogP contribution in [0.1, 0.15) is 10.4 Å². The third-order valence-electron chi connectivity index (χ3n) is 3.40. The highest BCUT2D eigenvalue weighted by Gasteiger charge is 2.18. The molecule has 0 aliphatic rings. The van der Waals surface area contributed by atoms with E-state index in [1.807, 2.05) is 0 Å². The molecule has 26 heavy (non-hydrogen) atoms. The number of rotatable bonds is 5. The first-order valence-electron chi connectivity index (χ1n) is 7.53. The molecule has 138 valence electrons. The van der Waals surface area contributed by atoms with Gasteiger partial charge in [0.05, 0.1) is 28.9 Å². The van der Waals surface area contributed by atoms with E-state index in [9.17, 15) is 18.0 Å². The van der Waals surface area contributed by atoms with Gasteiger partial charge in [0, 0.05) is 14.1 Å². The van der Waals surface area contributed by atoms with Gasteiger partial charge in [0.25, 0.3) is 10.0 Å². The molecular formula is C17H19N3O5S. The fourth-order valence-corrected chi connectivity index (χ4v) is 3.08. The van der Waals surface area contributed by atoms with Gasteiger partial charge >= 0.3 is 12.0 Å². The number of hydrogen-bond acceptors (Lipinski definition) is 5. The van der Waals surface area contributed by atoms with Crippen molar-refractivity contribution in [2.24, 2.45) is 0 Å². The van der Waals surface area contributed by atoms with Crippen LogP contribution >= 0.6 is 0 Å². The maximum absolute atomic E-state index is 12.6. The maximum atomic E-state index is 12.6. The number of benzene rings is 2. The summed E-state index contributed by atoms with van der Waals surface area (Å²) in [7, 11) is 0.484. The quantitative estimate of drug-likeness (QED) is 0.779. The van der Waals surface area contributed by atoms with Crippen LogP contribution in [0.15, 0.2) is 53.4 Å². The SMILES string of the molecule is COC(=O)c1ccc(S(=O)(=O)Nc2ccccc2NC(=O)N(C)C)cc1. The van der Waals surface area contributed by atoms with Crippen molar-refractivity contribution in [2.75, 3.05) is 31.2 Å². The average Bonchev–Trinajstić information content (AvgIpc) is 2.62. The number of esters is 1. The van der Waals surface area contributed by atoms with Crippen molar-refractivity contribution in [1.82, 2.24) is 4.90 Å². The van der Waals surface area contributed by atoms with Gasteiger partial charge in [-0.25, -0.2) is 18.0 Å². The predicted octanol–water partition coefficient (Wildman–Crippen LogP) is 2.37. The minimum Gasteiger partial charge on any atom is -0.465 e. The molecule has 0 heterocycles. The van der Waals surface area contributed by atoms with Crippen LogP contribution < -0.4 is 10.0 Å². The second-order valence-corrected chi connectivity index (χ2v) is 7.17. The zero-order chi connectivity index (χ0) is 19.3. The number of methoxy groups -OCH3 is 1. The van der Waals surface area contributed by atoms with E-state index in [1.165, 1.54) is 42.3 Å². The fourth-order valence-electron chi connectivity index (χ4n) is 2.00. The second-order valence-electron chi connectivity index (χ2n) is 5.49. The zero-order valence-corrected chi connectivity index (χ0v) is 15.3. The molecule has 2 aromatic rings. The first kappa shape index (κ1) is 19.3. The van der Waals surface area contributed by atoms with Crippen molar-refractivity contribution in [3.63, 3.8) is 0 Å². The van der Waals surface area contributed by atoms with E-state index < -0.39 is 16.0 Å². The molecule has 0 aromatic heterocycles. The Morgan fingerprint density at radius 1 is 0.962 bits per heavy atom. The van der Waals surface area contributed by atoms with Crippen molar-refractivity contribution in [2.45, 2.75) is 4.90 Å². The molecule has 9 heteroatoms. The summed E-state index contributed by atoms with van der Waals surface area (Å²) in [5.74, 6) is -0.557. The van der Waals surface area contributed by atoms with Gasteiger partial charge in [0.2, 0.25) is 0 Å². The number of nitrogens with zero attached hydrogens (tertiary/aromatic N) is 1. The Balaban J connectivity index is 2.27. The number of carbonyl (C=O) groups is 2. The second kappa shape index (κ2) is 7.87. The lowest BCUT2D eigenvalue weighted by Crippen LogP contribution is -2.28. The number of nitrogens with one attached hydrogen (secondary N) is 2. The Morgan fingerprint density at radius 2 is 1.54 bits per heavy atom. The molecular weight excluding hydrogens is 358 g/mol. The van der Waals surface area contributed by atoms with Gasteiger partial charge in [-0.15, -0.1) is 0 Å². The van der Waals surface area contributed by atoms with E-state index in [0.29, 0.717) is 5.69 Å². The number of urea groups is 1. The van der Waals surface area contributed by atoms with Crippen LogP contribution in [0, 0.1) is 0 Å². The van der Waals surface area contributed by atoms with E-state index in [1.54, 1.807) is 32.3 Å². The van der Waals surface area contributed by atoms with E-state index in [0.717, 1.165) is 0 Å². The molecule has 0 spiro atoms. The van der Waals surface area contributed by atoms with E-state index in [2.05, 4.69) is 14.8 Å². The standard InChI is InChI=1S/C17H19N3O5S/c1-20(2)17(22)18-14-6-4-5-7-15(14)19-26(23,24)13-10-8-12(9-11-13)16(21)25-3/h4-11,19H,1-3H3,(H,18,22). The topological polar surface area (TPSA) is 105 Å². The van der Waals surface area contributed by atoms with E-state index >= 15 is 0 Å². The van der Waals surface area contributed by atoms with E-state index in [-0.39, 0.29) is 22.2 Å². The average molecular weight is 377 g/mol. The largest absolute Gasteiger partial charge is 0.465 e. The van der Waals surface area contributed by atoms with Crippen LogP contribution in [0.25, 0.3) is 0 Å². The summed E-state index contributed by atoms with van der Waals surface area (Å²) >= 11 is 0. The van der Waals surface area contributed by atoms with Crippen LogP contribution in [-0.2, 0) is 14.8 Å². The molecule has 8 nitrogen and oxygen atoms in total. The van der Waals surface area contributed by atoms with Crippen molar-refractivity contribution in [1.29, 1.82) is 0 Å². The number of amides is 2. The summed E-state index contributed by atoms with van der Waals surface area (Å²) in [4.78, 5) is 24.6. The van der Waals surface area contributed by atoms with Gasteiger partial charge in [-0.1, -0.05) is 12.1 Å². The summed E-state index contributed by atoms with van der Waals surface area (Å²) in [5, 5.41) is 2.61. The third kappa shape index (κ3) is 4.51. The van der Waals surface area contributed by atoms with Gasteiger partial charge in [0.1, 0.15) is 0 Å². The van der Waals surface area contributed by atoms with Crippen molar-refractivity contribution < 1.29 is 22.7 Å². The summed E-state index contributed by atoms with van der Waals surface area (Å²) in [6.45, 7) is 0. The normalized spacial score (nSPS) is 10.7. The van der Waals surface area contributed by atoms with Crippen molar-refractivity contribution >= 4 is 33.4 Å². The Labute approximate surface area is 151 Å². The lowest BCUT2D eigenvalue weighted by molar-refractivity contribution is 0.0600. The highest BCUT2D eigenvalue weighted by Crippen LogP contribution is 2.25. The zero-order valence-electron chi connectivity index (χ0n) is 14.5. The van der Waals surface area contributed by atoms with Gasteiger partial charge < -0.3 is 15.0 Å². The minimum absolute atomic E-state index is 0.0288. The van der Waals surface area contributed by atoms with Gasteiger partial charge in [0.15, 0.2) is 0 Å². The van der Waals surface area contributed by atoms with Crippen LogP contribution in [0.2, 0.25) is 0 Å². The van der Waals surface area contributed by atoms with Gasteiger partial charge in [-0.2, -0.15) is 0 Å². The molecule has 2 rings (SSSR count). The number of carbonyl (C=O) groups excluding carboxylic acids is 2. The molecule has 0 radical (unpaired) electrons. The molecule has 0 bridgehead atoms. The molecule has 2 N–H and O–H groups in total. The first-order valence-corrected chi connectivity index (χ1v) is 9.01. The number of hydrogen-bond donors (Lipinski definition) is 2. The monoisotopic (exact) mass is 377 g/mol. The summed E-state index contributed by atoms with van der Waals surface area (Å²) in [6, 6.07) is 11.4. The predicted molar refractivity (Wildman–Crippen MR) is 97.7 cm³/mol. The molecule has 0 aliphatic heterocycles. The number of anilines is 2. The Morgan fingerprint density at radius 3 is 2.08 bits per heavy atom. The van der Waals surface area contributed by atoms with E-state index in [4.69, 9.17) is 0 Å². The molecule has 0 atom stereocenters. The number of ether oxygens (including phenoxy) is 1. The Bertz CT molecular complexity index is 908. The highest BCUT2D eigenvalue weighted by molar-refractivity contribution is 7.92. The van der Waals surface area contributed by atoms with Crippen molar-refractivity contribution in [3.8, 4) is 0 Å².